The van der Waals surface area contributed by atoms with Gasteiger partial charge in [0.05, 0.1) is 10.9 Å². The molecule has 34 heavy (non-hydrogen) atoms. The lowest BCUT2D eigenvalue weighted by atomic mass is 9.92. The molecular formula is C27H26Cl2N2O2S. The summed E-state index contributed by atoms with van der Waals surface area (Å²) in [6, 6.07) is 23.5. The predicted molar refractivity (Wildman–Crippen MR) is 141 cm³/mol. The molecule has 0 aromatic heterocycles. The Morgan fingerprint density at radius 3 is 1.82 bits per heavy atom. The second-order valence-electron chi connectivity index (χ2n) is 8.97. The van der Waals surface area contributed by atoms with Crippen LogP contribution in [0.5, 0.6) is 0 Å². The fourth-order valence-electron chi connectivity index (χ4n) is 4.83. The number of hydrogen-bond acceptors (Lipinski definition) is 4. The highest BCUT2D eigenvalue weighted by Gasteiger charge is 2.35. The Balaban J connectivity index is 1.53. The van der Waals surface area contributed by atoms with Gasteiger partial charge in [0.1, 0.15) is 0 Å². The SMILES string of the molecule is CS(=O)(=O)C(=C1CN(C(c2ccc(Cl)cc2)c2ccc(Cl)cc2)C1)c1ccccc1N1CCC1. The highest BCUT2D eigenvalue weighted by atomic mass is 35.5. The van der Waals surface area contributed by atoms with Crippen molar-refractivity contribution in [3.63, 3.8) is 0 Å². The van der Waals surface area contributed by atoms with Crippen LogP contribution in [0.4, 0.5) is 5.69 Å². The van der Waals surface area contributed by atoms with E-state index in [1.54, 1.807) is 0 Å². The van der Waals surface area contributed by atoms with Gasteiger partial charge in [-0.1, -0.05) is 65.7 Å². The van der Waals surface area contributed by atoms with E-state index in [4.69, 9.17) is 23.2 Å². The number of likely N-dealkylation sites (tertiary alicyclic amines) is 1. The molecule has 0 amide bonds. The lowest BCUT2D eigenvalue weighted by Gasteiger charge is -2.42. The zero-order valence-electron chi connectivity index (χ0n) is 18.9. The summed E-state index contributed by atoms with van der Waals surface area (Å²) >= 11 is 12.3. The lowest BCUT2D eigenvalue weighted by molar-refractivity contribution is 0.203. The van der Waals surface area contributed by atoms with Crippen LogP contribution in [0.1, 0.15) is 29.2 Å². The molecule has 176 valence electrons. The highest BCUT2D eigenvalue weighted by molar-refractivity contribution is 8.00. The molecule has 5 rings (SSSR count). The van der Waals surface area contributed by atoms with Crippen LogP contribution in [0.25, 0.3) is 4.91 Å². The topological polar surface area (TPSA) is 40.6 Å². The molecule has 0 atom stereocenters. The van der Waals surface area contributed by atoms with Crippen LogP contribution in [0.3, 0.4) is 0 Å². The molecule has 2 aliphatic heterocycles. The third-order valence-electron chi connectivity index (χ3n) is 6.56. The van der Waals surface area contributed by atoms with Crippen LogP contribution in [-0.4, -0.2) is 45.8 Å². The summed E-state index contributed by atoms with van der Waals surface area (Å²) in [6.45, 7) is 3.08. The molecule has 2 aliphatic rings. The normalized spacial score (nSPS) is 16.4. The Bertz CT molecular complexity index is 1280. The van der Waals surface area contributed by atoms with Gasteiger partial charge in [0.25, 0.3) is 0 Å². The van der Waals surface area contributed by atoms with E-state index in [0.717, 1.165) is 47.5 Å². The van der Waals surface area contributed by atoms with Gasteiger partial charge in [-0.15, -0.1) is 0 Å². The number of anilines is 1. The molecule has 0 saturated carbocycles. The number of para-hydroxylation sites is 1. The van der Waals surface area contributed by atoms with Gasteiger partial charge in [-0.2, -0.15) is 0 Å². The lowest BCUT2D eigenvalue weighted by Crippen LogP contribution is -2.44. The standard InChI is InChI=1S/C27H26Cl2N2O2S/c1-34(32,33)27(24-5-2-3-6-25(24)30-15-4-16-30)21-17-31(18-21)26(19-7-11-22(28)12-8-19)20-9-13-23(29)14-10-20/h2-3,5-14,26H,4,15-18H2,1H3. The fourth-order valence-corrected chi connectivity index (χ4v) is 6.30. The highest BCUT2D eigenvalue weighted by Crippen LogP contribution is 2.41. The van der Waals surface area contributed by atoms with Gasteiger partial charge in [0.15, 0.2) is 9.84 Å². The van der Waals surface area contributed by atoms with Gasteiger partial charge < -0.3 is 4.90 Å². The van der Waals surface area contributed by atoms with E-state index in [-0.39, 0.29) is 6.04 Å². The van der Waals surface area contributed by atoms with E-state index in [2.05, 4.69) is 9.80 Å². The second-order valence-corrected chi connectivity index (χ2v) is 11.8. The average molecular weight is 513 g/mol. The largest absolute Gasteiger partial charge is 0.371 e. The van der Waals surface area contributed by atoms with Crippen molar-refractivity contribution in [1.29, 1.82) is 0 Å². The van der Waals surface area contributed by atoms with Gasteiger partial charge in [-0.3, -0.25) is 4.90 Å². The number of benzene rings is 3. The minimum atomic E-state index is -3.42. The summed E-state index contributed by atoms with van der Waals surface area (Å²) in [7, 11) is -3.42. The quantitative estimate of drug-likeness (QED) is 0.402. The third-order valence-corrected chi connectivity index (χ3v) is 8.32. The first-order valence-corrected chi connectivity index (χ1v) is 14.0. The summed E-state index contributed by atoms with van der Waals surface area (Å²) in [6.07, 6.45) is 2.46. The van der Waals surface area contributed by atoms with Crippen molar-refractivity contribution < 1.29 is 8.42 Å². The summed E-state index contributed by atoms with van der Waals surface area (Å²) in [4.78, 5) is 5.01. The zero-order chi connectivity index (χ0) is 23.9. The van der Waals surface area contributed by atoms with Crippen LogP contribution >= 0.6 is 23.2 Å². The molecule has 0 bridgehead atoms. The monoisotopic (exact) mass is 512 g/mol. The Labute approximate surface area is 211 Å². The number of hydrogen-bond donors (Lipinski definition) is 0. The van der Waals surface area contributed by atoms with Crippen LogP contribution < -0.4 is 4.90 Å². The van der Waals surface area contributed by atoms with Crippen molar-refractivity contribution in [2.45, 2.75) is 12.5 Å². The smallest absolute Gasteiger partial charge is 0.176 e. The molecular weight excluding hydrogens is 487 g/mol. The van der Waals surface area contributed by atoms with Crippen molar-refractivity contribution in [3.05, 3.63) is 105 Å². The van der Waals surface area contributed by atoms with E-state index >= 15 is 0 Å². The van der Waals surface area contributed by atoms with E-state index < -0.39 is 9.84 Å². The number of rotatable bonds is 6. The van der Waals surface area contributed by atoms with Crippen molar-refractivity contribution in [3.8, 4) is 0 Å². The van der Waals surface area contributed by atoms with E-state index in [1.807, 2.05) is 72.8 Å². The molecule has 0 N–H and O–H groups in total. The Hall–Kier alpha value is -2.31. The Morgan fingerprint density at radius 2 is 1.35 bits per heavy atom. The second kappa shape index (κ2) is 9.38. The summed E-state index contributed by atoms with van der Waals surface area (Å²) in [5.74, 6) is 0. The molecule has 2 fully saturated rings. The first kappa shape index (κ1) is 23.4. The van der Waals surface area contributed by atoms with E-state index in [1.165, 1.54) is 6.26 Å². The average Bonchev–Trinajstić information content (AvgIpc) is 2.73. The summed E-state index contributed by atoms with van der Waals surface area (Å²) in [5, 5.41) is 1.37. The van der Waals surface area contributed by atoms with Crippen LogP contribution in [0.2, 0.25) is 10.0 Å². The molecule has 2 saturated heterocycles. The van der Waals surface area contributed by atoms with Gasteiger partial charge in [-0.05, 0) is 53.5 Å². The van der Waals surface area contributed by atoms with Crippen LogP contribution in [0, 0.1) is 0 Å². The third kappa shape index (κ3) is 4.63. The van der Waals surface area contributed by atoms with Crippen LogP contribution in [-0.2, 0) is 9.84 Å². The fraction of sp³-hybridized carbons (Fsp3) is 0.259. The minimum absolute atomic E-state index is 0.0234. The molecule has 0 aliphatic carbocycles. The Morgan fingerprint density at radius 1 is 0.824 bits per heavy atom. The molecule has 0 radical (unpaired) electrons. The maximum Gasteiger partial charge on any atom is 0.176 e. The minimum Gasteiger partial charge on any atom is -0.371 e. The van der Waals surface area contributed by atoms with Crippen molar-refractivity contribution >= 4 is 43.6 Å². The van der Waals surface area contributed by atoms with Gasteiger partial charge >= 0.3 is 0 Å². The van der Waals surface area contributed by atoms with Gasteiger partial charge in [0, 0.05) is 53.7 Å². The molecule has 3 aromatic rings. The van der Waals surface area contributed by atoms with Crippen molar-refractivity contribution in [2.24, 2.45) is 0 Å². The number of sulfone groups is 1. The maximum atomic E-state index is 13.0. The predicted octanol–water partition coefficient (Wildman–Crippen LogP) is 6.06. The van der Waals surface area contributed by atoms with E-state index in [0.29, 0.717) is 28.0 Å². The molecule has 7 heteroatoms. The molecule has 4 nitrogen and oxygen atoms in total. The number of nitrogens with zero attached hydrogens (tertiary/aromatic N) is 2. The molecule has 0 spiro atoms. The maximum absolute atomic E-state index is 13.0. The molecule has 2 heterocycles. The van der Waals surface area contributed by atoms with Gasteiger partial charge in [-0.25, -0.2) is 8.42 Å². The summed E-state index contributed by atoms with van der Waals surface area (Å²) in [5.41, 5.74) is 4.98. The van der Waals surface area contributed by atoms with Crippen molar-refractivity contribution in [2.75, 3.05) is 37.3 Å². The summed E-state index contributed by atoms with van der Waals surface area (Å²) < 4.78 is 26.0. The number of halogens is 2. The zero-order valence-corrected chi connectivity index (χ0v) is 21.2. The van der Waals surface area contributed by atoms with Gasteiger partial charge in [0.2, 0.25) is 0 Å². The Kier molecular flexibility index (Phi) is 6.47. The molecule has 0 unspecified atom stereocenters. The van der Waals surface area contributed by atoms with E-state index in [9.17, 15) is 8.42 Å². The molecule has 3 aromatic carbocycles. The first-order valence-electron chi connectivity index (χ1n) is 11.3. The first-order chi connectivity index (χ1) is 16.3. The van der Waals surface area contributed by atoms with Crippen LogP contribution in [0.15, 0.2) is 78.4 Å². The van der Waals surface area contributed by atoms with Crippen molar-refractivity contribution in [1.82, 2.24) is 4.90 Å².